The van der Waals surface area contributed by atoms with E-state index < -0.39 is 22.4 Å². The quantitative estimate of drug-likeness (QED) is 0.221. The van der Waals surface area contributed by atoms with Crippen molar-refractivity contribution in [1.29, 1.82) is 0 Å². The number of carbonyl (C=O) groups excluding carboxylic acids is 2. The molecular formula is C20H38O4S2Sr. The van der Waals surface area contributed by atoms with E-state index >= 15 is 0 Å². The summed E-state index contributed by atoms with van der Waals surface area (Å²) in [5, 5.41) is 19.4. The molecule has 0 saturated heterocycles. The van der Waals surface area contributed by atoms with Gasteiger partial charge in [0.05, 0.1) is 11.9 Å². The fraction of sp³-hybridized carbons (Fsp3) is 0.900. The molecule has 2 unspecified atom stereocenters. The second-order valence-electron chi connectivity index (χ2n) is 7.73. The van der Waals surface area contributed by atoms with Crippen LogP contribution in [0.4, 0.5) is 0 Å². The summed E-state index contributed by atoms with van der Waals surface area (Å²) in [6.45, 7) is 8.79. The van der Waals surface area contributed by atoms with Crippen LogP contribution in [0.25, 0.3) is 0 Å². The molecule has 0 amide bonds. The van der Waals surface area contributed by atoms with Crippen molar-refractivity contribution < 1.29 is 19.8 Å². The zero-order chi connectivity index (χ0) is 20.5. The molecule has 7 heteroatoms. The van der Waals surface area contributed by atoms with Gasteiger partial charge in [0.1, 0.15) is 0 Å². The summed E-state index contributed by atoms with van der Waals surface area (Å²) in [6.07, 6.45) is 10.2. The van der Waals surface area contributed by atoms with Crippen molar-refractivity contribution in [1.82, 2.24) is 0 Å². The van der Waals surface area contributed by atoms with E-state index in [1.54, 1.807) is 0 Å². The van der Waals surface area contributed by atoms with Crippen LogP contribution < -0.4 is 10.2 Å². The summed E-state index contributed by atoms with van der Waals surface area (Å²) in [6, 6.07) is 0. The van der Waals surface area contributed by atoms with Gasteiger partial charge in [-0.15, -0.1) is 0 Å². The summed E-state index contributed by atoms with van der Waals surface area (Å²) in [5.41, 5.74) is 0. The number of unbranched alkanes of at least 4 members (excludes halogenated alkanes) is 4. The Bertz CT molecular complexity index is 332. The maximum absolute atomic E-state index is 10.3. The third-order valence-electron chi connectivity index (χ3n) is 4.06. The number of aliphatic carboxylic acids is 2. The fourth-order valence-electron chi connectivity index (χ4n) is 2.37. The van der Waals surface area contributed by atoms with Gasteiger partial charge in [-0.05, 0) is 24.7 Å². The Kier molecular flexibility index (Phi) is 26.5. The maximum Gasteiger partial charge on any atom is 2.00 e. The third-order valence-corrected chi connectivity index (χ3v) is 5.00. The van der Waals surface area contributed by atoms with E-state index in [4.69, 9.17) is 0 Å². The Hall–Kier alpha value is 1.12. The summed E-state index contributed by atoms with van der Waals surface area (Å²) in [4.78, 5) is 20.6. The molecule has 0 aliphatic heterocycles. The van der Waals surface area contributed by atoms with Gasteiger partial charge in [0.25, 0.3) is 0 Å². The van der Waals surface area contributed by atoms with E-state index in [1.165, 1.54) is 25.7 Å². The number of hydrogen-bond acceptors (Lipinski definition) is 6. The van der Waals surface area contributed by atoms with Gasteiger partial charge in [-0.2, -0.15) is 25.3 Å². The molecule has 156 valence electrons. The first-order chi connectivity index (χ1) is 12.1. The first-order valence-electron chi connectivity index (χ1n) is 9.85. The van der Waals surface area contributed by atoms with Crippen molar-refractivity contribution in [3.05, 3.63) is 0 Å². The van der Waals surface area contributed by atoms with E-state index in [-0.39, 0.29) is 45.5 Å². The monoisotopic (exact) mass is 494 g/mol. The molecular weight excluding hydrogens is 456 g/mol. The van der Waals surface area contributed by atoms with Gasteiger partial charge in [0.2, 0.25) is 0 Å². The molecule has 0 aromatic carbocycles. The Labute approximate surface area is 214 Å². The van der Waals surface area contributed by atoms with Gasteiger partial charge in [-0.1, -0.05) is 79.1 Å². The first-order valence-corrected chi connectivity index (χ1v) is 10.9. The zero-order valence-electron chi connectivity index (χ0n) is 17.6. The first kappa shape index (κ1) is 32.8. The summed E-state index contributed by atoms with van der Waals surface area (Å²) in [5.74, 6) is -0.611. The number of rotatable bonds is 14. The predicted molar refractivity (Wildman–Crippen MR) is 117 cm³/mol. The van der Waals surface area contributed by atoms with Gasteiger partial charge >= 0.3 is 45.5 Å². The van der Waals surface area contributed by atoms with Crippen LogP contribution in [0, 0.1) is 11.8 Å². The van der Waals surface area contributed by atoms with Gasteiger partial charge in [0, 0.05) is 10.5 Å². The van der Waals surface area contributed by atoms with Crippen LogP contribution in [0.15, 0.2) is 0 Å². The minimum atomic E-state index is -1.05. The predicted octanol–water partition coefficient (Wildman–Crippen LogP) is 2.90. The molecule has 0 saturated carbocycles. The van der Waals surface area contributed by atoms with Gasteiger partial charge < -0.3 is 19.8 Å². The number of hydrogen-bond donors (Lipinski definition) is 2. The normalized spacial score (nSPS) is 12.7. The maximum atomic E-state index is 10.3. The minimum absolute atomic E-state index is 0. The van der Waals surface area contributed by atoms with Gasteiger partial charge in [0.15, 0.2) is 0 Å². The summed E-state index contributed by atoms with van der Waals surface area (Å²) < 4.78 is 0. The van der Waals surface area contributed by atoms with Crippen LogP contribution in [0.2, 0.25) is 0 Å². The average Bonchev–Trinajstić information content (AvgIpc) is 2.53. The Morgan fingerprint density at radius 1 is 0.630 bits per heavy atom. The average molecular weight is 494 g/mol. The second-order valence-corrected chi connectivity index (χ2v) is 8.98. The molecule has 0 aliphatic carbocycles. The molecule has 0 aliphatic rings. The molecule has 0 aromatic heterocycles. The van der Waals surface area contributed by atoms with Crippen molar-refractivity contribution in [3.8, 4) is 0 Å². The van der Waals surface area contributed by atoms with Gasteiger partial charge in [-0.3, -0.25) is 0 Å². The molecule has 0 bridgehead atoms. The fourth-order valence-corrected chi connectivity index (χ4v) is 2.73. The Balaban J connectivity index is -0.000000411. The van der Waals surface area contributed by atoms with Crippen molar-refractivity contribution >= 4 is 82.7 Å². The van der Waals surface area contributed by atoms with Crippen LogP contribution in [0.3, 0.4) is 0 Å². The van der Waals surface area contributed by atoms with Crippen LogP contribution >= 0.6 is 25.3 Å². The molecule has 27 heavy (non-hydrogen) atoms. The molecule has 0 heterocycles. The molecule has 0 spiro atoms. The number of carbonyl (C=O) groups is 2. The van der Waals surface area contributed by atoms with Crippen molar-refractivity contribution in [2.45, 2.75) is 102 Å². The van der Waals surface area contributed by atoms with Crippen molar-refractivity contribution in [3.63, 3.8) is 0 Å². The van der Waals surface area contributed by atoms with E-state index in [0.29, 0.717) is 12.8 Å². The minimum Gasteiger partial charge on any atom is -0.549 e. The smallest absolute Gasteiger partial charge is 0.549 e. The molecule has 0 N–H and O–H groups in total. The molecule has 0 radical (unpaired) electrons. The summed E-state index contributed by atoms with van der Waals surface area (Å²) >= 11 is 7.81. The third kappa shape index (κ3) is 27.1. The molecule has 0 aromatic rings. The SMILES string of the molecule is CC(C)CCCCCC(S)C(=O)[O-].CC(C)CCCCCC(S)C(=O)[O-].[Sr+2]. The largest absolute Gasteiger partial charge is 2.00 e. The van der Waals surface area contributed by atoms with Crippen LogP contribution in [-0.4, -0.2) is 67.9 Å². The molecule has 2 atom stereocenters. The number of carboxylic acid groups (broad SMARTS) is 2. The zero-order valence-corrected chi connectivity index (χ0v) is 22.9. The van der Waals surface area contributed by atoms with Crippen molar-refractivity contribution in [2.24, 2.45) is 11.8 Å². The molecule has 0 fully saturated rings. The molecule has 0 rings (SSSR count). The molecule has 4 nitrogen and oxygen atoms in total. The Morgan fingerprint density at radius 2 is 0.889 bits per heavy atom. The summed E-state index contributed by atoms with van der Waals surface area (Å²) in [7, 11) is 0. The van der Waals surface area contributed by atoms with E-state index in [2.05, 4.69) is 53.0 Å². The van der Waals surface area contributed by atoms with Crippen LogP contribution in [-0.2, 0) is 9.59 Å². The van der Waals surface area contributed by atoms with Crippen LogP contribution in [0.1, 0.15) is 91.9 Å². The van der Waals surface area contributed by atoms with Gasteiger partial charge in [-0.25, -0.2) is 0 Å². The van der Waals surface area contributed by atoms with Crippen molar-refractivity contribution in [2.75, 3.05) is 0 Å². The standard InChI is InChI=1S/2C10H20O2S.Sr/c2*1-8(2)6-4-3-5-7-9(13)10(11)12;/h2*8-9,13H,3-7H2,1-2H3,(H,11,12);/q;;+2/p-2. The second kappa shape index (κ2) is 21.8. The Morgan fingerprint density at radius 3 is 1.11 bits per heavy atom. The van der Waals surface area contributed by atoms with E-state index in [0.717, 1.165) is 37.5 Å². The van der Waals surface area contributed by atoms with Crippen LogP contribution in [0.5, 0.6) is 0 Å². The number of thiol groups is 2. The number of carboxylic acids is 2. The van der Waals surface area contributed by atoms with E-state index in [9.17, 15) is 19.8 Å². The van der Waals surface area contributed by atoms with E-state index in [1.807, 2.05) is 0 Å². The topological polar surface area (TPSA) is 80.3 Å².